The molecule has 0 saturated carbocycles. The zero-order valence-electron chi connectivity index (χ0n) is 16.5. The summed E-state index contributed by atoms with van der Waals surface area (Å²) in [6.45, 7) is 6.08. The minimum Gasteiger partial charge on any atom is -0.483 e. The quantitative estimate of drug-likeness (QED) is 0.778. The summed E-state index contributed by atoms with van der Waals surface area (Å²) in [5.74, 6) is 0.305. The molecule has 0 saturated heterocycles. The van der Waals surface area contributed by atoms with Gasteiger partial charge in [-0.25, -0.2) is 0 Å². The molecule has 5 heteroatoms. The lowest BCUT2D eigenvalue weighted by atomic mass is 10.1. The number of likely N-dealkylation sites (N-methyl/N-ethyl adjacent to an activating group) is 1. The molecule has 2 aromatic rings. The number of carbonyl (C=O) groups excluding carboxylic acids is 2. The highest BCUT2D eigenvalue weighted by Crippen LogP contribution is 2.20. The van der Waals surface area contributed by atoms with Crippen LogP contribution in [-0.2, 0) is 16.1 Å². The van der Waals surface area contributed by atoms with Crippen molar-refractivity contribution in [3.05, 3.63) is 65.2 Å². The summed E-state index contributed by atoms with van der Waals surface area (Å²) in [6, 6.07) is 15.0. The number of ether oxygens (including phenoxy) is 1. The minimum atomic E-state index is -0.537. The van der Waals surface area contributed by atoms with Gasteiger partial charge in [-0.05, 0) is 43.0 Å². The van der Waals surface area contributed by atoms with Crippen LogP contribution in [0.25, 0.3) is 0 Å². The van der Waals surface area contributed by atoms with Gasteiger partial charge in [0.15, 0.2) is 6.61 Å². The van der Waals surface area contributed by atoms with E-state index in [0.717, 1.165) is 16.7 Å². The molecule has 0 aliphatic rings. The monoisotopic (exact) mass is 368 g/mol. The van der Waals surface area contributed by atoms with E-state index in [1.54, 1.807) is 11.9 Å². The lowest BCUT2D eigenvalue weighted by Crippen LogP contribution is -2.49. The third-order valence-corrected chi connectivity index (χ3v) is 4.52. The number of aryl methyl sites for hydroxylation is 2. The summed E-state index contributed by atoms with van der Waals surface area (Å²) in [6.07, 6.45) is 0.529. The van der Waals surface area contributed by atoms with E-state index >= 15 is 0 Å². The molecule has 2 amide bonds. The van der Waals surface area contributed by atoms with Crippen molar-refractivity contribution in [2.45, 2.75) is 39.8 Å². The molecule has 0 heterocycles. The van der Waals surface area contributed by atoms with Crippen LogP contribution in [0, 0.1) is 13.8 Å². The fraction of sp³-hybridized carbons (Fsp3) is 0.364. The second-order valence-corrected chi connectivity index (χ2v) is 6.60. The van der Waals surface area contributed by atoms with E-state index < -0.39 is 6.04 Å². The largest absolute Gasteiger partial charge is 0.483 e. The Kier molecular flexibility index (Phi) is 7.41. The molecular formula is C22H28N2O3. The molecule has 144 valence electrons. The highest BCUT2D eigenvalue weighted by Gasteiger charge is 2.28. The van der Waals surface area contributed by atoms with E-state index in [1.807, 2.05) is 69.3 Å². The van der Waals surface area contributed by atoms with Gasteiger partial charge >= 0.3 is 0 Å². The van der Waals surface area contributed by atoms with E-state index in [9.17, 15) is 9.59 Å². The van der Waals surface area contributed by atoms with Crippen molar-refractivity contribution < 1.29 is 14.3 Å². The molecule has 0 bridgehead atoms. The molecule has 0 spiro atoms. The van der Waals surface area contributed by atoms with Gasteiger partial charge in [0.1, 0.15) is 11.8 Å². The zero-order chi connectivity index (χ0) is 19.8. The number of nitrogens with one attached hydrogen (secondary N) is 1. The molecule has 1 N–H and O–H groups in total. The summed E-state index contributed by atoms with van der Waals surface area (Å²) in [4.78, 5) is 26.9. The van der Waals surface area contributed by atoms with E-state index in [2.05, 4.69) is 5.32 Å². The Balaban J connectivity index is 2.19. The van der Waals surface area contributed by atoms with E-state index in [1.165, 1.54) is 0 Å². The van der Waals surface area contributed by atoms with Crippen LogP contribution in [0.4, 0.5) is 0 Å². The van der Waals surface area contributed by atoms with E-state index in [4.69, 9.17) is 4.74 Å². The van der Waals surface area contributed by atoms with Gasteiger partial charge in [-0.1, -0.05) is 49.4 Å². The summed E-state index contributed by atoms with van der Waals surface area (Å²) in [7, 11) is 1.59. The molecule has 0 aliphatic carbocycles. The van der Waals surface area contributed by atoms with Crippen LogP contribution in [0.3, 0.4) is 0 Å². The first-order valence-corrected chi connectivity index (χ1v) is 9.21. The minimum absolute atomic E-state index is 0.107. The normalized spacial score (nSPS) is 11.6. The van der Waals surface area contributed by atoms with Crippen LogP contribution >= 0.6 is 0 Å². The first-order chi connectivity index (χ1) is 13.0. The molecule has 27 heavy (non-hydrogen) atoms. The maximum absolute atomic E-state index is 13.0. The Bertz CT molecular complexity index is 774. The van der Waals surface area contributed by atoms with Crippen LogP contribution in [0.2, 0.25) is 0 Å². The number of benzene rings is 2. The van der Waals surface area contributed by atoms with Crippen LogP contribution in [0.5, 0.6) is 5.75 Å². The highest BCUT2D eigenvalue weighted by molar-refractivity contribution is 5.88. The average Bonchev–Trinajstić information content (AvgIpc) is 2.68. The molecule has 2 aromatic carbocycles. The molecular weight excluding hydrogens is 340 g/mol. The molecule has 1 unspecified atom stereocenters. The second kappa shape index (κ2) is 9.76. The molecule has 1 atom stereocenters. The van der Waals surface area contributed by atoms with Crippen molar-refractivity contribution in [2.75, 3.05) is 13.7 Å². The van der Waals surface area contributed by atoms with Crippen LogP contribution in [0.15, 0.2) is 48.5 Å². The second-order valence-electron chi connectivity index (χ2n) is 6.60. The van der Waals surface area contributed by atoms with Crippen LogP contribution < -0.4 is 10.1 Å². The molecule has 0 aliphatic heterocycles. The maximum Gasteiger partial charge on any atom is 0.261 e. The van der Waals surface area contributed by atoms with Crippen molar-refractivity contribution in [1.82, 2.24) is 10.2 Å². The standard InChI is InChI=1S/C22H28N2O3/c1-5-19(22(26)23-4)24(14-18-9-7-6-8-10-18)21(25)15-27-20-13-16(2)11-12-17(20)3/h6-13,19H,5,14-15H2,1-4H3,(H,23,26). The predicted octanol–water partition coefficient (Wildman–Crippen LogP) is 3.24. The fourth-order valence-corrected chi connectivity index (χ4v) is 2.95. The molecule has 0 fully saturated rings. The number of nitrogens with zero attached hydrogens (tertiary/aromatic N) is 1. The van der Waals surface area contributed by atoms with Gasteiger partial charge in [0.25, 0.3) is 5.91 Å². The number of carbonyl (C=O) groups is 2. The molecule has 0 aromatic heterocycles. The Labute approximate surface area is 161 Å². The number of hydrogen-bond acceptors (Lipinski definition) is 3. The van der Waals surface area contributed by atoms with Crippen molar-refractivity contribution >= 4 is 11.8 Å². The van der Waals surface area contributed by atoms with Gasteiger partial charge < -0.3 is 15.0 Å². The topological polar surface area (TPSA) is 58.6 Å². The van der Waals surface area contributed by atoms with E-state index in [0.29, 0.717) is 18.7 Å². The highest BCUT2D eigenvalue weighted by atomic mass is 16.5. The SMILES string of the molecule is CCC(C(=O)NC)N(Cc1ccccc1)C(=O)COc1cc(C)ccc1C. The third-order valence-electron chi connectivity index (χ3n) is 4.52. The van der Waals surface area contributed by atoms with Crippen molar-refractivity contribution in [3.63, 3.8) is 0 Å². The van der Waals surface area contributed by atoms with Gasteiger partial charge in [-0.2, -0.15) is 0 Å². The van der Waals surface area contributed by atoms with E-state index in [-0.39, 0.29) is 18.4 Å². The van der Waals surface area contributed by atoms with Crippen molar-refractivity contribution in [2.24, 2.45) is 0 Å². The number of rotatable bonds is 8. The van der Waals surface area contributed by atoms with Crippen molar-refractivity contribution in [1.29, 1.82) is 0 Å². The predicted molar refractivity (Wildman–Crippen MR) is 107 cm³/mol. The first kappa shape index (κ1) is 20.5. The Morgan fingerprint density at radius 2 is 1.81 bits per heavy atom. The third kappa shape index (κ3) is 5.58. The number of hydrogen-bond donors (Lipinski definition) is 1. The van der Waals surface area contributed by atoms with Gasteiger partial charge in [-0.15, -0.1) is 0 Å². The van der Waals surface area contributed by atoms with Gasteiger partial charge in [0.2, 0.25) is 5.91 Å². The Morgan fingerprint density at radius 3 is 2.44 bits per heavy atom. The van der Waals surface area contributed by atoms with Crippen LogP contribution in [-0.4, -0.2) is 36.4 Å². The molecule has 2 rings (SSSR count). The summed E-state index contributed by atoms with van der Waals surface area (Å²) >= 11 is 0. The van der Waals surface area contributed by atoms with Gasteiger partial charge in [-0.3, -0.25) is 9.59 Å². The van der Waals surface area contributed by atoms with Crippen molar-refractivity contribution in [3.8, 4) is 5.75 Å². The Hall–Kier alpha value is -2.82. The lowest BCUT2D eigenvalue weighted by molar-refractivity contribution is -0.142. The average molecular weight is 368 g/mol. The Morgan fingerprint density at radius 1 is 1.11 bits per heavy atom. The molecule has 5 nitrogen and oxygen atoms in total. The smallest absolute Gasteiger partial charge is 0.261 e. The summed E-state index contributed by atoms with van der Waals surface area (Å²) < 4.78 is 5.78. The summed E-state index contributed by atoms with van der Waals surface area (Å²) in [5, 5.41) is 2.65. The summed E-state index contributed by atoms with van der Waals surface area (Å²) in [5.41, 5.74) is 3.02. The lowest BCUT2D eigenvalue weighted by Gasteiger charge is -2.30. The van der Waals surface area contributed by atoms with Gasteiger partial charge in [0, 0.05) is 13.6 Å². The fourth-order valence-electron chi connectivity index (χ4n) is 2.95. The maximum atomic E-state index is 13.0. The first-order valence-electron chi connectivity index (χ1n) is 9.21. The number of amides is 2. The molecule has 0 radical (unpaired) electrons. The van der Waals surface area contributed by atoms with Gasteiger partial charge in [0.05, 0.1) is 0 Å². The zero-order valence-corrected chi connectivity index (χ0v) is 16.5. The van der Waals surface area contributed by atoms with Crippen LogP contribution in [0.1, 0.15) is 30.0 Å².